The Morgan fingerprint density at radius 2 is 2.25 bits per heavy atom. The summed E-state index contributed by atoms with van der Waals surface area (Å²) < 4.78 is 13.9. The molecule has 2 atom stereocenters. The zero-order valence-electron chi connectivity index (χ0n) is 14.3. The highest BCUT2D eigenvalue weighted by Crippen LogP contribution is 2.22. The molecule has 0 aromatic heterocycles. The maximum Gasteiger partial charge on any atom is 0.315 e. The van der Waals surface area contributed by atoms with Gasteiger partial charge in [-0.3, -0.25) is 0 Å². The van der Waals surface area contributed by atoms with Crippen molar-refractivity contribution >= 4 is 11.7 Å². The molecule has 2 unspecified atom stereocenters. The highest BCUT2D eigenvalue weighted by molar-refractivity contribution is 5.74. The quantitative estimate of drug-likeness (QED) is 0.716. The van der Waals surface area contributed by atoms with Gasteiger partial charge in [-0.2, -0.15) is 0 Å². The molecule has 1 aromatic carbocycles. The highest BCUT2D eigenvalue weighted by Gasteiger charge is 2.23. The van der Waals surface area contributed by atoms with Crippen molar-refractivity contribution < 1.29 is 14.3 Å². The Hall–Kier alpha value is -1.82. The van der Waals surface area contributed by atoms with E-state index in [1.165, 1.54) is 6.07 Å². The van der Waals surface area contributed by atoms with Crippen LogP contribution >= 0.6 is 0 Å². The second kappa shape index (κ2) is 9.47. The van der Waals surface area contributed by atoms with E-state index in [0.717, 1.165) is 25.8 Å². The third kappa shape index (κ3) is 5.37. The predicted molar refractivity (Wildman–Crippen MR) is 93.7 cm³/mol. The first-order chi connectivity index (χ1) is 11.6. The molecule has 2 amide bonds. The van der Waals surface area contributed by atoms with Crippen LogP contribution in [0.4, 0.5) is 14.9 Å². The Balaban J connectivity index is 1.82. The topological polar surface area (TPSA) is 64.6 Å². The van der Waals surface area contributed by atoms with Crippen LogP contribution in [0.1, 0.15) is 32.6 Å². The Bertz CT molecular complexity index is 527. The van der Waals surface area contributed by atoms with E-state index in [1.54, 1.807) is 12.1 Å². The number of rotatable bonds is 7. The van der Waals surface area contributed by atoms with Crippen molar-refractivity contribution in [3.05, 3.63) is 30.1 Å². The van der Waals surface area contributed by atoms with E-state index in [2.05, 4.69) is 10.6 Å². The first kappa shape index (κ1) is 18.5. The summed E-state index contributed by atoms with van der Waals surface area (Å²) in [4.78, 5) is 14.1. The molecule has 3 N–H and O–H groups in total. The lowest BCUT2D eigenvalue weighted by molar-refractivity contribution is 0.226. The molecule has 2 rings (SSSR count). The molecule has 0 aliphatic carbocycles. The maximum absolute atomic E-state index is 13.9. The van der Waals surface area contributed by atoms with Gasteiger partial charge in [0.2, 0.25) is 0 Å². The molecule has 1 heterocycles. The van der Waals surface area contributed by atoms with Crippen LogP contribution in [0.15, 0.2) is 24.3 Å². The largest absolute Gasteiger partial charge is 0.396 e. The van der Waals surface area contributed by atoms with Gasteiger partial charge in [-0.1, -0.05) is 25.5 Å². The van der Waals surface area contributed by atoms with Crippen molar-refractivity contribution in [2.45, 2.75) is 38.6 Å². The number of piperidine rings is 1. The molecule has 1 saturated heterocycles. The second-order valence-corrected chi connectivity index (χ2v) is 6.38. The summed E-state index contributed by atoms with van der Waals surface area (Å²) in [7, 11) is 0. The molecule has 0 spiro atoms. The first-order valence-electron chi connectivity index (χ1n) is 8.78. The predicted octanol–water partition coefficient (Wildman–Crippen LogP) is 2.50. The molecule has 1 aromatic rings. The van der Waals surface area contributed by atoms with Crippen LogP contribution in [0, 0.1) is 11.7 Å². The van der Waals surface area contributed by atoms with Crippen LogP contribution < -0.4 is 15.5 Å². The number of hydrogen-bond donors (Lipinski definition) is 3. The molecule has 1 aliphatic rings. The average Bonchev–Trinajstić information content (AvgIpc) is 2.59. The van der Waals surface area contributed by atoms with Gasteiger partial charge in [-0.25, -0.2) is 9.18 Å². The number of urea groups is 1. The van der Waals surface area contributed by atoms with Gasteiger partial charge in [0.25, 0.3) is 0 Å². The van der Waals surface area contributed by atoms with E-state index in [-0.39, 0.29) is 24.5 Å². The minimum atomic E-state index is -0.225. The van der Waals surface area contributed by atoms with Crippen molar-refractivity contribution in [2.75, 3.05) is 31.1 Å². The van der Waals surface area contributed by atoms with Gasteiger partial charge in [0.05, 0.1) is 5.69 Å². The number of benzene rings is 1. The fourth-order valence-electron chi connectivity index (χ4n) is 3.13. The molecule has 6 heteroatoms. The number of para-hydroxylation sites is 1. The van der Waals surface area contributed by atoms with Gasteiger partial charge in [-0.15, -0.1) is 0 Å². The molecule has 134 valence electrons. The van der Waals surface area contributed by atoms with Crippen LogP contribution in [-0.4, -0.2) is 43.4 Å². The normalized spacial score (nSPS) is 19.0. The third-order valence-corrected chi connectivity index (χ3v) is 4.62. The van der Waals surface area contributed by atoms with E-state index < -0.39 is 0 Å². The second-order valence-electron chi connectivity index (χ2n) is 6.38. The van der Waals surface area contributed by atoms with Gasteiger partial charge in [0, 0.05) is 32.3 Å². The van der Waals surface area contributed by atoms with Crippen LogP contribution in [0.3, 0.4) is 0 Å². The maximum atomic E-state index is 13.9. The van der Waals surface area contributed by atoms with Gasteiger partial charge in [0.1, 0.15) is 5.82 Å². The summed E-state index contributed by atoms with van der Waals surface area (Å²) in [6.07, 6.45) is 3.43. The van der Waals surface area contributed by atoms with Gasteiger partial charge in [0.15, 0.2) is 0 Å². The summed E-state index contributed by atoms with van der Waals surface area (Å²) in [6.45, 7) is 4.17. The minimum Gasteiger partial charge on any atom is -0.396 e. The summed E-state index contributed by atoms with van der Waals surface area (Å²) in [5.74, 6) is 0.0689. The fraction of sp³-hybridized carbons (Fsp3) is 0.611. The monoisotopic (exact) mass is 337 g/mol. The van der Waals surface area contributed by atoms with Gasteiger partial charge < -0.3 is 20.6 Å². The number of carbonyl (C=O) groups is 1. The number of nitrogens with one attached hydrogen (secondary N) is 2. The summed E-state index contributed by atoms with van der Waals surface area (Å²) in [5.41, 5.74) is 0.596. The number of carbonyl (C=O) groups excluding carboxylic acids is 1. The van der Waals surface area contributed by atoms with E-state index in [9.17, 15) is 9.18 Å². The van der Waals surface area contributed by atoms with E-state index in [4.69, 9.17) is 5.11 Å². The molecular weight excluding hydrogens is 309 g/mol. The average molecular weight is 337 g/mol. The summed E-state index contributed by atoms with van der Waals surface area (Å²) in [5, 5.41) is 14.9. The van der Waals surface area contributed by atoms with Gasteiger partial charge in [-0.05, 0) is 37.3 Å². The smallest absolute Gasteiger partial charge is 0.315 e. The lowest BCUT2D eigenvalue weighted by atomic mass is 10.0. The molecule has 0 saturated carbocycles. The SMILES string of the molecule is CCC(CCO)CNC(=O)NC1CCCN(c2ccccc2F)C1. The summed E-state index contributed by atoms with van der Waals surface area (Å²) >= 11 is 0. The van der Waals surface area contributed by atoms with Crippen LogP contribution in [0.5, 0.6) is 0 Å². The third-order valence-electron chi connectivity index (χ3n) is 4.62. The van der Waals surface area contributed by atoms with E-state index >= 15 is 0 Å². The van der Waals surface area contributed by atoms with Crippen LogP contribution in [0.2, 0.25) is 0 Å². The zero-order valence-corrected chi connectivity index (χ0v) is 14.3. The van der Waals surface area contributed by atoms with Crippen molar-refractivity contribution in [2.24, 2.45) is 5.92 Å². The van der Waals surface area contributed by atoms with Crippen molar-refractivity contribution in [1.82, 2.24) is 10.6 Å². The van der Waals surface area contributed by atoms with E-state index in [1.807, 2.05) is 17.9 Å². The molecule has 1 aliphatic heterocycles. The Labute approximate surface area is 143 Å². The standard InChI is InChI=1S/C18H28FN3O2/c1-2-14(9-11-23)12-20-18(24)21-15-6-5-10-22(13-15)17-8-4-3-7-16(17)19/h3-4,7-8,14-15,23H,2,5-6,9-13H2,1H3,(H2,20,21,24). The molecule has 0 radical (unpaired) electrons. The lowest BCUT2D eigenvalue weighted by Crippen LogP contribution is -2.51. The molecule has 0 bridgehead atoms. The molecule has 24 heavy (non-hydrogen) atoms. The van der Waals surface area contributed by atoms with Gasteiger partial charge >= 0.3 is 6.03 Å². The first-order valence-corrected chi connectivity index (χ1v) is 8.78. The van der Waals surface area contributed by atoms with E-state index in [0.29, 0.717) is 31.1 Å². The Morgan fingerprint density at radius 1 is 1.46 bits per heavy atom. The van der Waals surface area contributed by atoms with Crippen molar-refractivity contribution in [1.29, 1.82) is 0 Å². The number of anilines is 1. The lowest BCUT2D eigenvalue weighted by Gasteiger charge is -2.35. The van der Waals surface area contributed by atoms with Crippen LogP contribution in [0.25, 0.3) is 0 Å². The Kier molecular flexibility index (Phi) is 7.31. The number of aliphatic hydroxyl groups is 1. The molecule has 5 nitrogen and oxygen atoms in total. The van der Waals surface area contributed by atoms with Crippen molar-refractivity contribution in [3.63, 3.8) is 0 Å². The fourth-order valence-corrected chi connectivity index (χ4v) is 3.13. The number of nitrogens with zero attached hydrogens (tertiary/aromatic N) is 1. The zero-order chi connectivity index (χ0) is 17.4. The number of amides is 2. The minimum absolute atomic E-state index is 0.0104. The molecule has 1 fully saturated rings. The summed E-state index contributed by atoms with van der Waals surface area (Å²) in [6, 6.07) is 6.57. The van der Waals surface area contributed by atoms with Crippen LogP contribution in [-0.2, 0) is 0 Å². The number of aliphatic hydroxyl groups excluding tert-OH is 1. The Morgan fingerprint density at radius 3 is 2.96 bits per heavy atom. The number of halogens is 1. The highest BCUT2D eigenvalue weighted by atomic mass is 19.1. The molecular formula is C18H28FN3O2. The van der Waals surface area contributed by atoms with Crippen molar-refractivity contribution in [3.8, 4) is 0 Å². The number of hydrogen-bond acceptors (Lipinski definition) is 3.